The van der Waals surface area contributed by atoms with E-state index >= 15 is 0 Å². The number of hydrogen-bond acceptors (Lipinski definition) is 0. The van der Waals surface area contributed by atoms with Crippen molar-refractivity contribution in [3.63, 3.8) is 0 Å². The van der Waals surface area contributed by atoms with E-state index in [9.17, 15) is 0 Å². The molecule has 0 unspecified atom stereocenters. The predicted molar refractivity (Wildman–Crippen MR) is 113 cm³/mol. The largest absolute Gasteiger partial charge is 4.00 e. The van der Waals surface area contributed by atoms with Crippen LogP contribution in [0.15, 0.2) is 60.7 Å². The Morgan fingerprint density at radius 1 is 0.793 bits per heavy atom. The van der Waals surface area contributed by atoms with E-state index in [1.165, 1.54) is 33.4 Å². The van der Waals surface area contributed by atoms with Gasteiger partial charge in [0, 0.05) is 0 Å². The molecule has 3 aromatic carbocycles. The van der Waals surface area contributed by atoms with Crippen LogP contribution in [0.4, 0.5) is 0 Å². The van der Waals surface area contributed by atoms with E-state index in [-0.39, 0.29) is 57.4 Å². The smallest absolute Gasteiger partial charge is 1.00 e. The van der Waals surface area contributed by atoms with E-state index in [1.807, 2.05) is 30.3 Å². The van der Waals surface area contributed by atoms with E-state index in [2.05, 4.69) is 77.9 Å². The second-order valence-corrected chi connectivity index (χ2v) is 9.28. The Morgan fingerprint density at radius 3 is 1.86 bits per heavy atom. The van der Waals surface area contributed by atoms with Gasteiger partial charge in [0.25, 0.3) is 0 Å². The molecule has 0 fully saturated rings. The molecule has 0 heterocycles. The summed E-state index contributed by atoms with van der Waals surface area (Å²) in [5.74, 6) is 0. The van der Waals surface area contributed by atoms with Crippen LogP contribution in [0.3, 0.4) is 0 Å². The van der Waals surface area contributed by atoms with E-state index in [4.69, 9.17) is 0 Å². The van der Waals surface area contributed by atoms with Gasteiger partial charge in [-0.1, -0.05) is 65.3 Å². The summed E-state index contributed by atoms with van der Waals surface area (Å²) >= 11 is 0. The van der Waals surface area contributed by atoms with Crippen molar-refractivity contribution >= 4 is 0 Å². The Balaban J connectivity index is 0.000000863. The number of halogens is 2. The first kappa shape index (κ1) is 28.1. The summed E-state index contributed by atoms with van der Waals surface area (Å²) in [7, 11) is 0. The molecule has 0 atom stereocenters. The molecule has 0 radical (unpaired) electrons. The zero-order valence-corrected chi connectivity index (χ0v) is 21.3. The molecule has 3 heteroatoms. The van der Waals surface area contributed by atoms with E-state index in [1.54, 1.807) is 0 Å². The molecule has 0 spiro atoms. The summed E-state index contributed by atoms with van der Waals surface area (Å²) in [6, 6.07) is 25.2. The van der Waals surface area contributed by atoms with E-state index < -0.39 is 0 Å². The summed E-state index contributed by atoms with van der Waals surface area (Å²) in [4.78, 5) is 0. The average Bonchev–Trinajstić information content (AvgIpc) is 3.23. The van der Waals surface area contributed by atoms with Crippen molar-refractivity contribution in [3.8, 4) is 11.1 Å². The molecule has 0 aliphatic heterocycles. The van der Waals surface area contributed by atoms with Gasteiger partial charge < -0.3 is 24.8 Å². The van der Waals surface area contributed by atoms with Crippen LogP contribution in [0.5, 0.6) is 0 Å². The summed E-state index contributed by atoms with van der Waals surface area (Å²) in [5, 5.41) is 0. The first-order valence-corrected chi connectivity index (χ1v) is 9.52. The second kappa shape index (κ2) is 10.9. The fraction of sp³-hybridized carbons (Fsp3) is 0.346. The van der Waals surface area contributed by atoms with E-state index in [0.29, 0.717) is 0 Å². The van der Waals surface area contributed by atoms with Gasteiger partial charge in [-0.05, 0) is 28.4 Å². The monoisotopic (exact) mass is 460 g/mol. The van der Waals surface area contributed by atoms with E-state index in [0.717, 1.165) is 6.42 Å². The normalized spacial score (nSPS) is 11.5. The molecule has 3 aromatic rings. The van der Waals surface area contributed by atoms with Crippen molar-refractivity contribution in [2.75, 3.05) is 0 Å². The Kier molecular flexibility index (Phi) is 10.6. The van der Waals surface area contributed by atoms with Crippen molar-refractivity contribution in [1.29, 1.82) is 0 Å². The van der Waals surface area contributed by atoms with Gasteiger partial charge >= 0.3 is 21.7 Å². The van der Waals surface area contributed by atoms with Crippen LogP contribution in [-0.4, -0.2) is 0 Å². The summed E-state index contributed by atoms with van der Waals surface area (Å²) in [6.07, 6.45) is 1.03. The van der Waals surface area contributed by atoms with Crippen LogP contribution >= 0.6 is 0 Å². The molecule has 29 heavy (non-hydrogen) atoms. The van der Waals surface area contributed by atoms with Crippen LogP contribution in [0, 0.1) is 6.07 Å². The molecule has 0 nitrogen and oxygen atoms in total. The average molecular weight is 461 g/mol. The van der Waals surface area contributed by atoms with Crippen LogP contribution in [0.1, 0.15) is 63.8 Å². The molecule has 0 amide bonds. The zero-order valence-electron chi connectivity index (χ0n) is 18.2. The maximum atomic E-state index is 3.67. The fourth-order valence-electron chi connectivity index (χ4n) is 3.35. The standard InChI is InChI=1S/C21H25.C5H5.2ClH.Ti/c1-20(2,3)16-7-9-18-14(12-16)11-15-13-17(21(4,5)6)8-10-19(15)18;1-2-4-5-3-1;;;/h7-10,12H,11H2,1-6H3;1-5H;2*1H;/q2*-1;;;+4/p-2. The molecule has 0 saturated heterocycles. The molecular formula is C26H30Cl2Ti. The number of hydrogen-bond donors (Lipinski definition) is 0. The molecule has 0 N–H and O–H groups in total. The van der Waals surface area contributed by atoms with Crippen molar-refractivity contribution in [1.82, 2.24) is 0 Å². The Bertz CT molecular complexity index is 803. The topological polar surface area (TPSA) is 0 Å². The Labute approximate surface area is 204 Å². The quantitative estimate of drug-likeness (QED) is 0.272. The first-order chi connectivity index (χ1) is 12.2. The molecular weight excluding hydrogens is 431 g/mol. The molecule has 0 aromatic heterocycles. The number of benzene rings is 2. The summed E-state index contributed by atoms with van der Waals surface area (Å²) in [5.41, 5.74) is 8.70. The van der Waals surface area contributed by atoms with Crippen LogP contribution in [-0.2, 0) is 39.0 Å². The Morgan fingerprint density at radius 2 is 1.38 bits per heavy atom. The minimum Gasteiger partial charge on any atom is -1.00 e. The SMILES string of the molecule is CC(C)(C)c1[c-]c2c(cc1)-c1ccc(C(C)(C)C)cc1C2.[Cl-].[Cl-].[Ti+4].c1cc[cH-]c1. The van der Waals surface area contributed by atoms with Crippen molar-refractivity contribution in [2.45, 2.75) is 58.8 Å². The van der Waals surface area contributed by atoms with Gasteiger partial charge in [0.15, 0.2) is 0 Å². The maximum absolute atomic E-state index is 3.67. The predicted octanol–water partition coefficient (Wildman–Crippen LogP) is 1.06. The third kappa shape index (κ3) is 6.79. The van der Waals surface area contributed by atoms with Crippen molar-refractivity contribution in [3.05, 3.63) is 89.0 Å². The first-order valence-electron chi connectivity index (χ1n) is 9.52. The fourth-order valence-corrected chi connectivity index (χ4v) is 3.35. The van der Waals surface area contributed by atoms with Gasteiger partial charge in [-0.2, -0.15) is 42.0 Å². The summed E-state index contributed by atoms with van der Waals surface area (Å²) < 4.78 is 0. The van der Waals surface area contributed by atoms with Gasteiger partial charge in [0.2, 0.25) is 0 Å². The number of rotatable bonds is 0. The third-order valence-electron chi connectivity index (χ3n) is 5.02. The third-order valence-corrected chi connectivity index (χ3v) is 5.02. The Hall–Kier alpha value is -0.916. The zero-order chi connectivity index (χ0) is 18.9. The minimum absolute atomic E-state index is 0. The van der Waals surface area contributed by atoms with Gasteiger partial charge in [-0.15, -0.1) is 11.1 Å². The molecule has 0 bridgehead atoms. The molecule has 152 valence electrons. The molecule has 4 rings (SSSR count). The van der Waals surface area contributed by atoms with Gasteiger partial charge in [-0.25, -0.2) is 12.1 Å². The minimum atomic E-state index is 0. The van der Waals surface area contributed by atoms with Crippen LogP contribution in [0.2, 0.25) is 0 Å². The molecule has 1 aliphatic rings. The number of fused-ring (bicyclic) bond motifs is 3. The van der Waals surface area contributed by atoms with Gasteiger partial charge in [-0.3, -0.25) is 0 Å². The van der Waals surface area contributed by atoms with Gasteiger partial charge in [0.05, 0.1) is 0 Å². The molecule has 0 saturated carbocycles. The summed E-state index contributed by atoms with van der Waals surface area (Å²) in [6.45, 7) is 13.6. The van der Waals surface area contributed by atoms with Crippen LogP contribution in [0.25, 0.3) is 11.1 Å². The molecule has 1 aliphatic carbocycles. The van der Waals surface area contributed by atoms with Crippen molar-refractivity contribution < 1.29 is 46.5 Å². The second-order valence-electron chi connectivity index (χ2n) is 9.28. The van der Waals surface area contributed by atoms with Crippen molar-refractivity contribution in [2.24, 2.45) is 0 Å². The van der Waals surface area contributed by atoms with Crippen LogP contribution < -0.4 is 24.8 Å². The maximum Gasteiger partial charge on any atom is 4.00 e. The van der Waals surface area contributed by atoms with Gasteiger partial charge in [0.1, 0.15) is 0 Å².